The van der Waals surface area contributed by atoms with Crippen molar-refractivity contribution < 1.29 is 9.53 Å². The number of hydrogen-bond donors (Lipinski definition) is 1. The third-order valence-corrected chi connectivity index (χ3v) is 3.93. The number of amides is 1. The van der Waals surface area contributed by atoms with Crippen molar-refractivity contribution >= 4 is 11.7 Å². The Morgan fingerprint density at radius 1 is 1.07 bits per heavy atom. The number of H-pyrrole nitrogens is 1. The number of aromatic amines is 1. The summed E-state index contributed by atoms with van der Waals surface area (Å²) in [5.41, 5.74) is 1.47. The molecular formula is C21H35N3O3. The number of aromatic nitrogens is 2. The molecule has 0 atom stereocenters. The van der Waals surface area contributed by atoms with Crippen molar-refractivity contribution in [1.82, 2.24) is 14.3 Å². The number of hydrogen-bond acceptors (Lipinski definition) is 3. The van der Waals surface area contributed by atoms with Gasteiger partial charge in [0.2, 0.25) is 0 Å². The highest BCUT2D eigenvalue weighted by atomic mass is 16.6. The first-order valence-corrected chi connectivity index (χ1v) is 9.90. The van der Waals surface area contributed by atoms with E-state index in [0.717, 1.165) is 37.1 Å². The van der Waals surface area contributed by atoms with E-state index in [1.165, 1.54) is 12.8 Å². The van der Waals surface area contributed by atoms with Gasteiger partial charge in [-0.05, 0) is 52.2 Å². The molecular weight excluding hydrogens is 342 g/mol. The second kappa shape index (κ2) is 10.8. The molecule has 2 aromatic heterocycles. The van der Waals surface area contributed by atoms with E-state index in [0.29, 0.717) is 0 Å². The Kier molecular flexibility index (Phi) is 9.12. The summed E-state index contributed by atoms with van der Waals surface area (Å²) in [7, 11) is 0. The number of carbonyl (C=O) groups excluding carboxylic acids is 1. The predicted molar refractivity (Wildman–Crippen MR) is 110 cm³/mol. The van der Waals surface area contributed by atoms with E-state index in [2.05, 4.69) is 4.98 Å². The van der Waals surface area contributed by atoms with Crippen LogP contribution in [0.5, 0.6) is 0 Å². The molecule has 6 nitrogen and oxygen atoms in total. The lowest BCUT2D eigenvalue weighted by molar-refractivity contribution is 0.0257. The highest BCUT2D eigenvalue weighted by Gasteiger charge is 2.22. The predicted octanol–water partition coefficient (Wildman–Crippen LogP) is 4.76. The number of ether oxygens (including phenoxy) is 1. The molecule has 1 aliphatic rings. The van der Waals surface area contributed by atoms with Crippen LogP contribution in [0.3, 0.4) is 0 Å². The van der Waals surface area contributed by atoms with Gasteiger partial charge in [-0.3, -0.25) is 9.20 Å². The van der Waals surface area contributed by atoms with Gasteiger partial charge in [-0.25, -0.2) is 4.79 Å². The Balaban J connectivity index is 0.000000252. The van der Waals surface area contributed by atoms with Crippen molar-refractivity contribution in [2.24, 2.45) is 0 Å². The number of nitrogens with one attached hydrogen (secondary N) is 1. The van der Waals surface area contributed by atoms with Crippen molar-refractivity contribution in [2.75, 3.05) is 13.1 Å². The maximum atomic E-state index is 11.7. The van der Waals surface area contributed by atoms with Gasteiger partial charge in [0.1, 0.15) is 11.2 Å². The third kappa shape index (κ3) is 7.89. The number of nitrogens with zero attached hydrogens (tertiary/aromatic N) is 2. The lowest BCUT2D eigenvalue weighted by Crippen LogP contribution is -2.37. The van der Waals surface area contributed by atoms with Crippen LogP contribution in [-0.4, -0.2) is 39.1 Å². The van der Waals surface area contributed by atoms with Crippen LogP contribution in [0.25, 0.3) is 5.65 Å². The third-order valence-electron chi connectivity index (χ3n) is 3.93. The number of aryl methyl sites for hydroxylation is 1. The van der Waals surface area contributed by atoms with E-state index in [9.17, 15) is 9.59 Å². The number of likely N-dealkylation sites (tertiary alicyclic amines) is 1. The summed E-state index contributed by atoms with van der Waals surface area (Å²) in [6.07, 6.45) is 8.00. The summed E-state index contributed by atoms with van der Waals surface area (Å²) in [6.45, 7) is 13.3. The molecule has 3 heterocycles. The molecule has 27 heavy (non-hydrogen) atoms. The maximum Gasteiger partial charge on any atom is 0.410 e. The zero-order valence-corrected chi connectivity index (χ0v) is 17.7. The van der Waals surface area contributed by atoms with Gasteiger partial charge in [0.05, 0.1) is 0 Å². The Bertz CT molecular complexity index is 748. The van der Waals surface area contributed by atoms with Crippen LogP contribution >= 0.6 is 0 Å². The molecule has 1 N–H and O–H groups in total. The number of fused-ring (bicyclic) bond motifs is 1. The van der Waals surface area contributed by atoms with Crippen LogP contribution < -0.4 is 5.56 Å². The first-order chi connectivity index (χ1) is 12.8. The van der Waals surface area contributed by atoms with Crippen LogP contribution in [0.1, 0.15) is 65.9 Å². The van der Waals surface area contributed by atoms with Gasteiger partial charge in [-0.1, -0.05) is 26.7 Å². The minimum absolute atomic E-state index is 0.0150. The fourth-order valence-electron chi connectivity index (χ4n) is 2.75. The van der Waals surface area contributed by atoms with Gasteiger partial charge >= 0.3 is 6.09 Å². The van der Waals surface area contributed by atoms with E-state index in [4.69, 9.17) is 4.74 Å². The molecule has 6 heteroatoms. The summed E-state index contributed by atoms with van der Waals surface area (Å²) in [4.78, 5) is 27.7. The summed E-state index contributed by atoms with van der Waals surface area (Å²) in [6, 6.07) is 3.54. The fourth-order valence-corrected chi connectivity index (χ4v) is 2.75. The monoisotopic (exact) mass is 377 g/mol. The Morgan fingerprint density at radius 2 is 1.67 bits per heavy atom. The lowest BCUT2D eigenvalue weighted by atomic mass is 10.2. The highest BCUT2D eigenvalue weighted by molar-refractivity contribution is 5.68. The highest BCUT2D eigenvalue weighted by Crippen LogP contribution is 2.14. The Labute approximate surface area is 162 Å². The van der Waals surface area contributed by atoms with Crippen molar-refractivity contribution in [1.29, 1.82) is 0 Å². The van der Waals surface area contributed by atoms with Gasteiger partial charge in [-0.15, -0.1) is 0 Å². The normalized spacial score (nSPS) is 14.4. The van der Waals surface area contributed by atoms with Crippen molar-refractivity contribution in [3.8, 4) is 0 Å². The standard InChI is InChI=1S/C11H21NO2.C8H8N2O.C2H6/c1-11(2,3)14-10(13)12-8-6-4-5-7-9-12;1-6-4-7-9-2-3-10(7)8(11)5-6;1-2/h4-9H2,1-3H3;2-5,9H,1H3;1-2H3. The van der Waals surface area contributed by atoms with E-state index < -0.39 is 0 Å². The molecule has 0 unspecified atom stereocenters. The van der Waals surface area contributed by atoms with Crippen LogP contribution in [0.15, 0.2) is 29.3 Å². The number of rotatable bonds is 0. The molecule has 0 aliphatic carbocycles. The van der Waals surface area contributed by atoms with Gasteiger partial charge in [-0.2, -0.15) is 0 Å². The first kappa shape index (κ1) is 22.8. The summed E-state index contributed by atoms with van der Waals surface area (Å²) in [5.74, 6) is 0. The molecule has 2 aromatic rings. The number of pyridine rings is 1. The molecule has 0 radical (unpaired) electrons. The zero-order chi connectivity index (χ0) is 20.4. The molecule has 0 spiro atoms. The summed E-state index contributed by atoms with van der Waals surface area (Å²) in [5, 5.41) is 0. The summed E-state index contributed by atoms with van der Waals surface area (Å²) >= 11 is 0. The van der Waals surface area contributed by atoms with E-state index in [-0.39, 0.29) is 17.3 Å². The molecule has 1 fully saturated rings. The fraction of sp³-hybridized carbons (Fsp3) is 0.619. The molecule has 1 amide bonds. The smallest absolute Gasteiger partial charge is 0.410 e. The minimum atomic E-state index is -0.372. The molecule has 0 aromatic carbocycles. The SMILES string of the molecule is CC.CC(C)(C)OC(=O)N1CCCCCC1.Cc1cc(=O)n2cc[nH]c2c1. The van der Waals surface area contributed by atoms with Crippen molar-refractivity contribution in [3.05, 3.63) is 40.4 Å². The van der Waals surface area contributed by atoms with Gasteiger partial charge in [0, 0.05) is 31.5 Å². The molecule has 0 bridgehead atoms. The maximum absolute atomic E-state index is 11.7. The molecule has 3 rings (SSSR count). The van der Waals surface area contributed by atoms with Crippen molar-refractivity contribution in [2.45, 2.75) is 72.8 Å². The van der Waals surface area contributed by atoms with Crippen LogP contribution in [0.4, 0.5) is 4.79 Å². The molecule has 1 saturated heterocycles. The molecule has 1 aliphatic heterocycles. The van der Waals surface area contributed by atoms with Gasteiger partial charge in [0.25, 0.3) is 5.56 Å². The van der Waals surface area contributed by atoms with Gasteiger partial charge in [0.15, 0.2) is 0 Å². The largest absolute Gasteiger partial charge is 0.444 e. The Morgan fingerprint density at radius 3 is 2.22 bits per heavy atom. The van der Waals surface area contributed by atoms with Crippen LogP contribution in [0.2, 0.25) is 0 Å². The van der Waals surface area contributed by atoms with E-state index in [1.807, 2.05) is 52.5 Å². The second-order valence-corrected chi connectivity index (χ2v) is 7.47. The lowest BCUT2D eigenvalue weighted by Gasteiger charge is -2.26. The Hall–Kier alpha value is -2.24. The topological polar surface area (TPSA) is 66.8 Å². The second-order valence-electron chi connectivity index (χ2n) is 7.47. The van der Waals surface area contributed by atoms with Gasteiger partial charge < -0.3 is 14.6 Å². The van der Waals surface area contributed by atoms with Crippen molar-refractivity contribution in [3.63, 3.8) is 0 Å². The van der Waals surface area contributed by atoms with E-state index >= 15 is 0 Å². The first-order valence-electron chi connectivity index (χ1n) is 9.90. The summed E-state index contributed by atoms with van der Waals surface area (Å²) < 4.78 is 6.90. The zero-order valence-electron chi connectivity index (χ0n) is 17.7. The quantitative estimate of drug-likeness (QED) is 0.720. The number of imidazole rings is 1. The van der Waals surface area contributed by atoms with Crippen LogP contribution in [-0.2, 0) is 4.74 Å². The van der Waals surface area contributed by atoms with E-state index in [1.54, 1.807) is 22.9 Å². The number of carbonyl (C=O) groups is 1. The molecule has 152 valence electrons. The average molecular weight is 378 g/mol. The molecule has 0 saturated carbocycles. The minimum Gasteiger partial charge on any atom is -0.444 e. The van der Waals surface area contributed by atoms with Crippen LogP contribution in [0, 0.1) is 6.92 Å². The average Bonchev–Trinajstić information content (AvgIpc) is 2.89.